The van der Waals surface area contributed by atoms with E-state index in [9.17, 15) is 19.6 Å². The van der Waals surface area contributed by atoms with Crippen LogP contribution in [0.2, 0.25) is 0 Å². The first-order valence-corrected chi connectivity index (χ1v) is 6.52. The Morgan fingerprint density at radius 1 is 1.40 bits per heavy atom. The zero-order valence-electron chi connectivity index (χ0n) is 8.29. The van der Waals surface area contributed by atoms with E-state index in [0.29, 0.717) is 5.56 Å². The van der Waals surface area contributed by atoms with Gasteiger partial charge in [-0.15, -0.1) is 0 Å². The van der Waals surface area contributed by atoms with Crippen molar-refractivity contribution in [1.82, 2.24) is 0 Å². The third-order valence-corrected chi connectivity index (χ3v) is 3.92. The second-order valence-electron chi connectivity index (χ2n) is 3.24. The van der Waals surface area contributed by atoms with Gasteiger partial charge in [-0.2, -0.15) is 0 Å². The first-order valence-electron chi connectivity index (χ1n) is 4.49. The molecule has 82 valence electrons. The molecule has 0 spiro atoms. The molecule has 0 aliphatic carbocycles. The van der Waals surface area contributed by atoms with Crippen molar-refractivity contribution in [3.8, 4) is 0 Å². The third-order valence-electron chi connectivity index (χ3n) is 2.07. The largest absolute Gasteiger partial charge is 0.344 e. The summed E-state index contributed by atoms with van der Waals surface area (Å²) in [6.07, 6.45) is 0.283. The highest BCUT2D eigenvalue weighted by atomic mass is 31.2. The van der Waals surface area contributed by atoms with E-state index >= 15 is 0 Å². The SMILES string of the molecule is CCP(=O)(O)Cc1ccc([N+](=O)[O-])cc1. The van der Waals surface area contributed by atoms with Crippen LogP contribution < -0.4 is 0 Å². The summed E-state index contributed by atoms with van der Waals surface area (Å²) in [5.41, 5.74) is 0.635. The second-order valence-corrected chi connectivity index (χ2v) is 5.89. The van der Waals surface area contributed by atoms with Gasteiger partial charge in [-0.25, -0.2) is 0 Å². The molecule has 6 heteroatoms. The fraction of sp³-hybridized carbons (Fsp3) is 0.333. The van der Waals surface area contributed by atoms with Gasteiger partial charge in [0.15, 0.2) is 0 Å². The van der Waals surface area contributed by atoms with Gasteiger partial charge in [0.1, 0.15) is 0 Å². The van der Waals surface area contributed by atoms with Gasteiger partial charge in [-0.3, -0.25) is 14.7 Å². The van der Waals surface area contributed by atoms with Crippen molar-refractivity contribution in [1.29, 1.82) is 0 Å². The smallest absolute Gasteiger partial charge is 0.269 e. The highest BCUT2D eigenvalue weighted by Gasteiger charge is 2.16. The predicted molar refractivity (Wildman–Crippen MR) is 57.2 cm³/mol. The van der Waals surface area contributed by atoms with Crippen LogP contribution in [0.1, 0.15) is 12.5 Å². The van der Waals surface area contributed by atoms with Crippen LogP contribution in [0.25, 0.3) is 0 Å². The monoisotopic (exact) mass is 229 g/mol. The van der Waals surface area contributed by atoms with E-state index in [0.717, 1.165) is 0 Å². The minimum absolute atomic E-state index is 0.0111. The molecule has 0 radical (unpaired) electrons. The lowest BCUT2D eigenvalue weighted by Crippen LogP contribution is -1.92. The Morgan fingerprint density at radius 2 is 1.93 bits per heavy atom. The number of hydrogen-bond acceptors (Lipinski definition) is 3. The van der Waals surface area contributed by atoms with Crippen molar-refractivity contribution in [2.75, 3.05) is 6.16 Å². The number of rotatable bonds is 4. The zero-order valence-corrected chi connectivity index (χ0v) is 9.18. The van der Waals surface area contributed by atoms with Crippen LogP contribution in [0.3, 0.4) is 0 Å². The Bertz CT molecular complexity index is 401. The van der Waals surface area contributed by atoms with Crippen LogP contribution in [-0.2, 0) is 10.7 Å². The van der Waals surface area contributed by atoms with Crippen LogP contribution in [0.15, 0.2) is 24.3 Å². The maximum atomic E-state index is 11.4. The normalized spacial score (nSPS) is 14.5. The molecule has 1 unspecified atom stereocenters. The second kappa shape index (κ2) is 4.55. The van der Waals surface area contributed by atoms with Crippen LogP contribution in [0.5, 0.6) is 0 Å². The molecule has 0 saturated carbocycles. The summed E-state index contributed by atoms with van der Waals surface area (Å²) < 4.78 is 11.4. The predicted octanol–water partition coefficient (Wildman–Crippen LogP) is 2.39. The minimum Gasteiger partial charge on any atom is -0.344 e. The Kier molecular flexibility index (Phi) is 3.61. The number of nitrogens with zero attached hydrogens (tertiary/aromatic N) is 1. The minimum atomic E-state index is -3.10. The molecule has 15 heavy (non-hydrogen) atoms. The number of nitro groups is 1. The topological polar surface area (TPSA) is 80.4 Å². The number of non-ortho nitro benzene ring substituents is 1. The molecule has 0 amide bonds. The van der Waals surface area contributed by atoms with Gasteiger partial charge in [-0.05, 0) is 5.56 Å². The van der Waals surface area contributed by atoms with Gasteiger partial charge >= 0.3 is 0 Å². The molecule has 1 N–H and O–H groups in total. The third kappa shape index (κ3) is 3.46. The molecule has 0 aliphatic heterocycles. The Hall–Kier alpha value is -1.19. The molecule has 0 bridgehead atoms. The standard InChI is InChI=1S/C9H12NO4P/c1-2-15(13,14)7-8-3-5-9(6-4-8)10(11)12/h3-6H,2,7H2,1H3,(H,13,14). The molecule has 0 fully saturated rings. The molecule has 0 aromatic heterocycles. The average molecular weight is 229 g/mol. The number of benzene rings is 1. The van der Waals surface area contributed by atoms with E-state index in [1.54, 1.807) is 6.92 Å². The Balaban J connectivity index is 2.82. The summed E-state index contributed by atoms with van der Waals surface area (Å²) in [4.78, 5) is 19.2. The van der Waals surface area contributed by atoms with Gasteiger partial charge in [0.25, 0.3) is 5.69 Å². The first kappa shape index (κ1) is 11.9. The summed E-state index contributed by atoms with van der Waals surface area (Å²) in [5, 5.41) is 10.4. The average Bonchev–Trinajstić information content (AvgIpc) is 2.18. The van der Waals surface area contributed by atoms with Gasteiger partial charge in [0.2, 0.25) is 7.37 Å². The van der Waals surface area contributed by atoms with Crippen LogP contribution in [0, 0.1) is 10.1 Å². The molecule has 1 rings (SSSR count). The number of nitro benzene ring substituents is 1. The van der Waals surface area contributed by atoms with Crippen molar-refractivity contribution in [3.63, 3.8) is 0 Å². The van der Waals surface area contributed by atoms with E-state index in [2.05, 4.69) is 0 Å². The maximum absolute atomic E-state index is 11.4. The lowest BCUT2D eigenvalue weighted by molar-refractivity contribution is -0.384. The summed E-state index contributed by atoms with van der Waals surface area (Å²) in [5.74, 6) is 0. The van der Waals surface area contributed by atoms with Gasteiger partial charge in [0, 0.05) is 24.5 Å². The molecule has 1 aromatic rings. The van der Waals surface area contributed by atoms with Crippen molar-refractivity contribution in [2.24, 2.45) is 0 Å². The van der Waals surface area contributed by atoms with Crippen molar-refractivity contribution < 1.29 is 14.4 Å². The molecule has 1 aromatic carbocycles. The fourth-order valence-electron chi connectivity index (χ4n) is 1.12. The van der Waals surface area contributed by atoms with Crippen molar-refractivity contribution >= 4 is 13.1 Å². The zero-order chi connectivity index (χ0) is 11.5. The fourth-order valence-corrected chi connectivity index (χ4v) is 2.13. The molecular formula is C9H12NO4P. The van der Waals surface area contributed by atoms with Crippen LogP contribution in [-0.4, -0.2) is 16.0 Å². The highest BCUT2D eigenvalue weighted by Crippen LogP contribution is 2.43. The Labute approximate surface area is 87.3 Å². The van der Waals surface area contributed by atoms with E-state index in [4.69, 9.17) is 0 Å². The van der Waals surface area contributed by atoms with Gasteiger partial charge in [0.05, 0.1) is 4.92 Å². The summed E-state index contributed by atoms with van der Waals surface area (Å²) in [6, 6.07) is 5.70. The summed E-state index contributed by atoms with van der Waals surface area (Å²) in [7, 11) is -3.10. The van der Waals surface area contributed by atoms with Crippen LogP contribution >= 0.6 is 7.37 Å². The molecule has 5 nitrogen and oxygen atoms in total. The van der Waals surface area contributed by atoms with Gasteiger partial charge in [-0.1, -0.05) is 19.1 Å². The summed E-state index contributed by atoms with van der Waals surface area (Å²) in [6.45, 7) is 1.65. The van der Waals surface area contributed by atoms with E-state index < -0.39 is 12.3 Å². The molecule has 0 heterocycles. The number of hydrogen-bond donors (Lipinski definition) is 1. The first-order chi connectivity index (χ1) is 6.94. The van der Waals surface area contributed by atoms with E-state index in [1.807, 2.05) is 0 Å². The lowest BCUT2D eigenvalue weighted by atomic mass is 10.2. The summed E-state index contributed by atoms with van der Waals surface area (Å²) >= 11 is 0. The molecule has 0 saturated heterocycles. The quantitative estimate of drug-likeness (QED) is 0.488. The highest BCUT2D eigenvalue weighted by molar-refractivity contribution is 7.57. The van der Waals surface area contributed by atoms with Crippen molar-refractivity contribution in [3.05, 3.63) is 39.9 Å². The van der Waals surface area contributed by atoms with E-state index in [1.165, 1.54) is 24.3 Å². The van der Waals surface area contributed by atoms with Crippen molar-refractivity contribution in [2.45, 2.75) is 13.1 Å². The van der Waals surface area contributed by atoms with Crippen LogP contribution in [0.4, 0.5) is 5.69 Å². The molecular weight excluding hydrogens is 217 g/mol. The Morgan fingerprint density at radius 3 is 2.33 bits per heavy atom. The lowest BCUT2D eigenvalue weighted by Gasteiger charge is -2.07. The molecule has 1 atom stereocenters. The van der Waals surface area contributed by atoms with E-state index in [-0.39, 0.29) is 18.0 Å². The maximum Gasteiger partial charge on any atom is 0.269 e. The van der Waals surface area contributed by atoms with Gasteiger partial charge < -0.3 is 4.89 Å². The molecule has 0 aliphatic rings.